The van der Waals surface area contributed by atoms with Crippen molar-refractivity contribution in [3.05, 3.63) is 24.3 Å². The Morgan fingerprint density at radius 1 is 0.537 bits per heavy atom. The third-order valence-corrected chi connectivity index (χ3v) is 21.4. The first-order chi connectivity index (χ1) is 38.1. The van der Waals surface area contributed by atoms with Crippen molar-refractivity contribution in [2.75, 3.05) is 0 Å². The van der Waals surface area contributed by atoms with Crippen molar-refractivity contribution in [2.45, 2.75) is 307 Å². The number of aliphatic hydroxyl groups excluding tert-OH is 2. The summed E-state index contributed by atoms with van der Waals surface area (Å²) < 4.78 is 94.3. The quantitative estimate of drug-likeness (QED) is 0.194. The molecule has 14 saturated heterocycles. The number of hydrogen-bond acceptors (Lipinski definition) is 20. The minimum Gasteiger partial charge on any atom is -0.481 e. The molecule has 0 saturated carbocycles. The van der Waals surface area contributed by atoms with Gasteiger partial charge in [0, 0.05) is 63.7 Å². The van der Waals surface area contributed by atoms with Gasteiger partial charge in [-0.05, 0) is 73.8 Å². The van der Waals surface area contributed by atoms with Crippen molar-refractivity contribution in [1.29, 1.82) is 0 Å². The zero-order valence-electron chi connectivity index (χ0n) is 46.5. The molecular formula is C59H84O21. The molecule has 14 aliphatic heterocycles. The molecule has 80 heavy (non-hydrogen) atoms. The average molecular weight is 1130 g/mol. The molecule has 0 amide bonds. The van der Waals surface area contributed by atoms with E-state index in [-0.39, 0.29) is 111 Å². The number of hydrogen-bond donors (Lipinski definition) is 5. The predicted molar refractivity (Wildman–Crippen MR) is 273 cm³/mol. The van der Waals surface area contributed by atoms with Gasteiger partial charge in [0.25, 0.3) is 0 Å². The van der Waals surface area contributed by atoms with Gasteiger partial charge in [-0.25, -0.2) is 0 Å². The number of fused-ring (bicyclic) bond motifs is 12. The van der Waals surface area contributed by atoms with Crippen LogP contribution in [-0.2, 0) is 75.9 Å². The molecule has 2 spiro atoms. The molecule has 14 heterocycles. The van der Waals surface area contributed by atoms with Crippen LogP contribution in [0, 0.1) is 23.7 Å². The molecule has 0 aromatic carbocycles. The predicted octanol–water partition coefficient (Wildman–Crippen LogP) is 3.93. The fraction of sp³-hybridized carbons (Fsp3) is 0.898. The Morgan fingerprint density at radius 2 is 1.23 bits per heavy atom. The van der Waals surface area contributed by atoms with E-state index >= 15 is 0 Å². The minimum absolute atomic E-state index is 0.0114. The lowest BCUT2D eigenvalue weighted by Crippen LogP contribution is -2.65. The van der Waals surface area contributed by atoms with Crippen LogP contribution in [0.5, 0.6) is 0 Å². The number of carboxylic acids is 1. The molecule has 21 nitrogen and oxygen atoms in total. The molecule has 21 heteroatoms. The van der Waals surface area contributed by atoms with Gasteiger partial charge in [0.15, 0.2) is 29.3 Å². The molecule has 446 valence electrons. The van der Waals surface area contributed by atoms with E-state index in [0.717, 1.165) is 17.6 Å². The summed E-state index contributed by atoms with van der Waals surface area (Å²) in [6.07, 6.45) is -6.29. The summed E-state index contributed by atoms with van der Waals surface area (Å²) in [6, 6.07) is 0. The molecule has 0 aromatic heterocycles. The Labute approximate surface area is 466 Å². The van der Waals surface area contributed by atoms with Crippen LogP contribution >= 0.6 is 0 Å². The van der Waals surface area contributed by atoms with Gasteiger partial charge in [-0.2, -0.15) is 0 Å². The average Bonchev–Trinajstić information content (AvgIpc) is 4.35. The zero-order valence-corrected chi connectivity index (χ0v) is 46.5. The van der Waals surface area contributed by atoms with Crippen molar-refractivity contribution in [3.63, 3.8) is 0 Å². The summed E-state index contributed by atoms with van der Waals surface area (Å²) in [7, 11) is 0. The second-order valence-corrected chi connectivity index (χ2v) is 27.2. The van der Waals surface area contributed by atoms with Crippen LogP contribution in [0.3, 0.4) is 0 Å². The summed E-state index contributed by atoms with van der Waals surface area (Å²) in [5, 5.41) is 56.1. The molecular weight excluding hydrogens is 1040 g/mol. The largest absolute Gasteiger partial charge is 0.481 e. The number of ether oxygens (including phenoxy) is 14. The lowest BCUT2D eigenvalue weighted by Gasteiger charge is -2.54. The van der Waals surface area contributed by atoms with Crippen LogP contribution < -0.4 is 0 Å². The number of aliphatic carboxylic acids is 1. The van der Waals surface area contributed by atoms with Crippen LogP contribution in [0.2, 0.25) is 0 Å². The van der Waals surface area contributed by atoms with Gasteiger partial charge in [-0.1, -0.05) is 40.9 Å². The van der Waals surface area contributed by atoms with Crippen LogP contribution in [-0.4, -0.2) is 201 Å². The molecule has 0 radical (unpaired) electrons. The smallest absolute Gasteiger partial charge is 0.308 e. The van der Waals surface area contributed by atoms with Crippen LogP contribution in [0.1, 0.15) is 143 Å². The Hall–Kier alpha value is -2.26. The molecule has 10 bridgehead atoms. The Balaban J connectivity index is 0.695. The Bertz CT molecular complexity index is 2410. The van der Waals surface area contributed by atoms with E-state index in [1.807, 2.05) is 0 Å². The number of carboxylic acid groups (broad SMARTS) is 1. The molecule has 0 unspecified atom stereocenters. The molecule has 5 N–H and O–H groups in total. The fourth-order valence-corrected chi connectivity index (χ4v) is 17.6. The topological polar surface area (TPSA) is 265 Å². The van der Waals surface area contributed by atoms with Gasteiger partial charge in [0.2, 0.25) is 0 Å². The number of rotatable bonds is 2. The number of carbonyl (C=O) groups excluding carboxylic acids is 1. The first-order valence-electron chi connectivity index (χ1n) is 30.4. The van der Waals surface area contributed by atoms with Crippen LogP contribution in [0.4, 0.5) is 0 Å². The summed E-state index contributed by atoms with van der Waals surface area (Å²) in [4.78, 5) is 26.1. The fourth-order valence-electron chi connectivity index (χ4n) is 17.6. The highest BCUT2D eigenvalue weighted by Crippen LogP contribution is 2.57. The molecule has 0 aromatic rings. The van der Waals surface area contributed by atoms with Crippen molar-refractivity contribution in [1.82, 2.24) is 0 Å². The summed E-state index contributed by atoms with van der Waals surface area (Å²) in [5.41, 5.74) is 1.92. The molecule has 14 aliphatic rings. The molecule has 0 aliphatic carbocycles. The van der Waals surface area contributed by atoms with E-state index in [2.05, 4.69) is 40.9 Å². The van der Waals surface area contributed by atoms with Gasteiger partial charge < -0.3 is 91.8 Å². The van der Waals surface area contributed by atoms with Crippen molar-refractivity contribution < 1.29 is 101 Å². The maximum absolute atomic E-state index is 14.6. The van der Waals surface area contributed by atoms with Crippen LogP contribution in [0.15, 0.2) is 24.3 Å². The monoisotopic (exact) mass is 1130 g/mol. The zero-order chi connectivity index (χ0) is 55.5. The maximum atomic E-state index is 14.6. The SMILES string of the molecule is C=C1C[C@@H]2CC[C@]3(O)O[C@H]4[C@H]5O[C@H](CC[C@@H]5O[C@H]5C[C@](O)(O[C@@H]45)[C@H]3O)CC(=O)O[C@@H]3[C@@H](C)[C@@H]4O[C@@H]5C[C@]6(C[C@@H]7O[C@]8(C[C@H](C)[C@@H]9O[C@H](CC(=O)O)[C@H](O)C[C@@H]9O8)C[C@H](C)[C@@H]7O6)O[C@@H]5C[C@@H]4O[C@H]3C[C@H]3O[C@@H](CC[C@@H]1O2)C[C@@H](C)C3=C. The van der Waals surface area contributed by atoms with Crippen LogP contribution in [0.25, 0.3) is 0 Å². The first kappa shape index (κ1) is 55.6. The first-order valence-corrected chi connectivity index (χ1v) is 30.4. The highest BCUT2D eigenvalue weighted by Gasteiger charge is 2.69. The number of esters is 1. The summed E-state index contributed by atoms with van der Waals surface area (Å²) in [5.74, 6) is -7.87. The van der Waals surface area contributed by atoms with E-state index in [1.165, 1.54) is 0 Å². The second kappa shape index (κ2) is 20.4. The summed E-state index contributed by atoms with van der Waals surface area (Å²) in [6.45, 7) is 17.4. The highest BCUT2D eigenvalue weighted by atomic mass is 16.8. The van der Waals surface area contributed by atoms with Gasteiger partial charge in [-0.3, -0.25) is 9.59 Å². The molecule has 31 atom stereocenters. The van der Waals surface area contributed by atoms with E-state index in [9.17, 15) is 35.1 Å². The van der Waals surface area contributed by atoms with Gasteiger partial charge in [-0.15, -0.1) is 0 Å². The lowest BCUT2D eigenvalue weighted by molar-refractivity contribution is -0.371. The van der Waals surface area contributed by atoms with E-state index < -0.39 is 121 Å². The standard InChI is InChI=1S/C59H84O21/c1-25-13-31-7-9-35-26(2)14-33(67-35)11-12-58(65)55(64)59(66)24-44-53(79-59)54(80-58)52-36(70-44)10-8-32(69-52)15-47(63)74-51-30(6)50-41(71-40(51)17-37(68-31)29(25)5)18-39-43(73-50)22-57(75-39)23-45-49(78-57)28(4)21-56(77-45)20-27(3)48-42(76-56)16-34(60)38(72-48)19-46(61)62/h25,27-28,30-45,48-55,60,64-66H,2,5,7-24H2,1,3-4,6H3,(H,61,62)/t25-,27+,28+,30+,31+,32-,33+,34-,35+,36+,37-,38-,39-,40+,41+,42+,43-,44+,45+,48+,49+,50+,51-,52+,53-,54+,55+,56-,57+,58+,59+/m1/s1. The van der Waals surface area contributed by atoms with Crippen molar-refractivity contribution in [3.8, 4) is 0 Å². The second-order valence-electron chi connectivity index (χ2n) is 27.2. The normalized spacial score (nSPS) is 57.4. The number of aliphatic hydroxyl groups is 4. The Morgan fingerprint density at radius 3 is 2.04 bits per heavy atom. The van der Waals surface area contributed by atoms with Crippen molar-refractivity contribution in [2.24, 2.45) is 23.7 Å². The Kier molecular flexibility index (Phi) is 14.2. The highest BCUT2D eigenvalue weighted by molar-refractivity contribution is 5.70. The van der Waals surface area contributed by atoms with Gasteiger partial charge >= 0.3 is 11.9 Å². The number of carbonyl (C=O) groups is 2. The lowest BCUT2D eigenvalue weighted by atomic mass is 9.78. The van der Waals surface area contributed by atoms with Gasteiger partial charge in [0.05, 0.1) is 123 Å². The maximum Gasteiger partial charge on any atom is 0.308 e. The van der Waals surface area contributed by atoms with E-state index in [1.54, 1.807) is 0 Å². The third kappa shape index (κ3) is 9.71. The molecule has 14 fully saturated rings. The van der Waals surface area contributed by atoms with E-state index in [4.69, 9.17) is 66.3 Å². The third-order valence-electron chi connectivity index (χ3n) is 21.4. The van der Waals surface area contributed by atoms with Gasteiger partial charge in [0.1, 0.15) is 24.4 Å². The van der Waals surface area contributed by atoms with Crippen molar-refractivity contribution >= 4 is 11.9 Å². The minimum atomic E-state index is -2.21. The molecule has 14 rings (SSSR count). The van der Waals surface area contributed by atoms with E-state index in [0.29, 0.717) is 77.0 Å². The summed E-state index contributed by atoms with van der Waals surface area (Å²) >= 11 is 0.